The van der Waals surface area contributed by atoms with Gasteiger partial charge in [-0.1, -0.05) is 50.2 Å². The highest BCUT2D eigenvalue weighted by molar-refractivity contribution is 5.92. The highest BCUT2D eigenvalue weighted by Crippen LogP contribution is 2.27. The van der Waals surface area contributed by atoms with E-state index in [1.165, 1.54) is 22.4 Å². The van der Waals surface area contributed by atoms with Gasteiger partial charge in [0, 0.05) is 30.9 Å². The van der Waals surface area contributed by atoms with E-state index in [9.17, 15) is 4.79 Å². The van der Waals surface area contributed by atoms with Crippen molar-refractivity contribution < 1.29 is 4.79 Å². The molecule has 0 spiro atoms. The lowest BCUT2D eigenvalue weighted by molar-refractivity contribution is -0.116. The summed E-state index contributed by atoms with van der Waals surface area (Å²) in [4.78, 5) is 14.8. The molecule has 2 aromatic rings. The van der Waals surface area contributed by atoms with Gasteiger partial charge in [-0.3, -0.25) is 4.79 Å². The number of benzene rings is 2. The zero-order valence-electron chi connectivity index (χ0n) is 14.6. The molecule has 0 atom stereocenters. The van der Waals surface area contributed by atoms with Crippen molar-refractivity contribution in [2.24, 2.45) is 0 Å². The zero-order valence-corrected chi connectivity index (χ0v) is 14.6. The summed E-state index contributed by atoms with van der Waals surface area (Å²) < 4.78 is 0. The fraction of sp³-hybridized carbons (Fsp3) is 0.381. The van der Waals surface area contributed by atoms with Crippen LogP contribution >= 0.6 is 0 Å². The third-order valence-electron chi connectivity index (χ3n) is 4.86. The van der Waals surface area contributed by atoms with Crippen molar-refractivity contribution in [1.82, 2.24) is 0 Å². The quantitative estimate of drug-likeness (QED) is 0.864. The first-order chi connectivity index (χ1) is 11.7. The third-order valence-corrected chi connectivity index (χ3v) is 4.86. The van der Waals surface area contributed by atoms with E-state index in [1.54, 1.807) is 0 Å². The number of fused-ring (bicyclic) bond motifs is 1. The molecule has 0 aromatic heterocycles. The molecule has 3 rings (SSSR count). The summed E-state index contributed by atoms with van der Waals surface area (Å²) in [5, 5.41) is 3.16. The van der Waals surface area contributed by atoms with E-state index in [4.69, 9.17) is 0 Å². The van der Waals surface area contributed by atoms with Crippen LogP contribution in [0.5, 0.6) is 0 Å². The molecule has 0 fully saturated rings. The maximum Gasteiger partial charge on any atom is 0.226 e. The minimum absolute atomic E-state index is 0.106. The second-order valence-electron chi connectivity index (χ2n) is 6.32. The molecule has 0 aliphatic carbocycles. The number of para-hydroxylation sites is 2. The Morgan fingerprint density at radius 1 is 1.04 bits per heavy atom. The van der Waals surface area contributed by atoms with Crippen molar-refractivity contribution in [3.63, 3.8) is 0 Å². The molecule has 1 heterocycles. The van der Waals surface area contributed by atoms with Gasteiger partial charge in [0.25, 0.3) is 0 Å². The van der Waals surface area contributed by atoms with E-state index in [1.807, 2.05) is 0 Å². The molecule has 126 valence electrons. The lowest BCUT2D eigenvalue weighted by Crippen LogP contribution is -2.26. The molecule has 3 heteroatoms. The number of rotatable bonds is 6. The van der Waals surface area contributed by atoms with Crippen LogP contribution in [0.1, 0.15) is 37.0 Å². The maximum absolute atomic E-state index is 12.5. The van der Waals surface area contributed by atoms with Crippen LogP contribution in [-0.4, -0.2) is 19.0 Å². The van der Waals surface area contributed by atoms with Gasteiger partial charge in [0.15, 0.2) is 0 Å². The minimum atomic E-state index is 0.106. The van der Waals surface area contributed by atoms with Gasteiger partial charge in [0.1, 0.15) is 0 Å². The van der Waals surface area contributed by atoms with Gasteiger partial charge in [-0.25, -0.2) is 0 Å². The lowest BCUT2D eigenvalue weighted by Gasteiger charge is -2.20. The average Bonchev–Trinajstić information content (AvgIpc) is 3.03. The maximum atomic E-state index is 12.5. The normalized spacial score (nSPS) is 13.0. The Labute approximate surface area is 144 Å². The predicted molar refractivity (Wildman–Crippen MR) is 101 cm³/mol. The van der Waals surface area contributed by atoms with Crippen molar-refractivity contribution in [1.29, 1.82) is 0 Å². The lowest BCUT2D eigenvalue weighted by atomic mass is 10.0. The number of hydrogen-bond donors (Lipinski definition) is 1. The van der Waals surface area contributed by atoms with E-state index in [-0.39, 0.29) is 5.91 Å². The van der Waals surface area contributed by atoms with Gasteiger partial charge in [-0.05, 0) is 42.0 Å². The summed E-state index contributed by atoms with van der Waals surface area (Å²) in [6, 6.07) is 14.8. The molecule has 0 radical (unpaired) electrons. The molecular formula is C21H26N2O. The fourth-order valence-electron chi connectivity index (χ4n) is 3.48. The summed E-state index contributed by atoms with van der Waals surface area (Å²) in [7, 11) is 0. The Kier molecular flexibility index (Phi) is 5.19. The smallest absolute Gasteiger partial charge is 0.226 e. The van der Waals surface area contributed by atoms with Crippen molar-refractivity contribution in [2.75, 3.05) is 23.3 Å². The number of carbonyl (C=O) groups is 1. The van der Waals surface area contributed by atoms with Crippen LogP contribution in [0.3, 0.4) is 0 Å². The van der Waals surface area contributed by atoms with Crippen molar-refractivity contribution in [2.45, 2.75) is 39.5 Å². The number of hydrogen-bond acceptors (Lipinski definition) is 2. The summed E-state index contributed by atoms with van der Waals surface area (Å²) in [6.07, 6.45) is 3.47. The molecule has 1 amide bonds. The van der Waals surface area contributed by atoms with Crippen LogP contribution in [-0.2, 0) is 24.1 Å². The summed E-state index contributed by atoms with van der Waals surface area (Å²) in [6.45, 7) is 6.05. The van der Waals surface area contributed by atoms with Crippen LogP contribution in [0.4, 0.5) is 11.4 Å². The molecule has 0 bridgehead atoms. The van der Waals surface area contributed by atoms with Crippen molar-refractivity contribution in [3.05, 3.63) is 59.2 Å². The average molecular weight is 322 g/mol. The highest BCUT2D eigenvalue weighted by atomic mass is 16.1. The molecule has 24 heavy (non-hydrogen) atoms. The molecule has 1 N–H and O–H groups in total. The van der Waals surface area contributed by atoms with E-state index in [0.29, 0.717) is 6.42 Å². The van der Waals surface area contributed by atoms with E-state index in [2.05, 4.69) is 66.5 Å². The molecular weight excluding hydrogens is 296 g/mol. The second kappa shape index (κ2) is 7.52. The number of nitrogens with one attached hydrogen (secondary N) is 1. The number of nitrogens with zero attached hydrogens (tertiary/aromatic N) is 1. The standard InChI is InChI=1S/C21H26N2O/c1-3-16-9-7-10-17(4-2)21(16)22-20(24)13-15-23-14-12-18-8-5-6-11-19(18)23/h5-11H,3-4,12-15H2,1-2H3,(H,22,24). The fourth-order valence-corrected chi connectivity index (χ4v) is 3.48. The number of amides is 1. The molecule has 1 aliphatic heterocycles. The van der Waals surface area contributed by atoms with Crippen molar-refractivity contribution >= 4 is 17.3 Å². The van der Waals surface area contributed by atoms with Gasteiger partial charge in [-0.15, -0.1) is 0 Å². The zero-order chi connectivity index (χ0) is 16.9. The highest BCUT2D eigenvalue weighted by Gasteiger charge is 2.19. The second-order valence-corrected chi connectivity index (χ2v) is 6.32. The Balaban J connectivity index is 1.63. The number of aryl methyl sites for hydroxylation is 2. The summed E-state index contributed by atoms with van der Waals surface area (Å²) in [5.41, 5.74) is 6.13. The van der Waals surface area contributed by atoms with Crippen LogP contribution < -0.4 is 10.2 Å². The van der Waals surface area contributed by atoms with Gasteiger partial charge >= 0.3 is 0 Å². The van der Waals surface area contributed by atoms with E-state index in [0.717, 1.165) is 38.0 Å². The Hall–Kier alpha value is -2.29. The van der Waals surface area contributed by atoms with Crippen LogP contribution in [0.15, 0.2) is 42.5 Å². The van der Waals surface area contributed by atoms with E-state index < -0.39 is 0 Å². The minimum Gasteiger partial charge on any atom is -0.370 e. The molecule has 0 saturated heterocycles. The Morgan fingerprint density at radius 3 is 2.46 bits per heavy atom. The molecule has 0 saturated carbocycles. The molecule has 0 unspecified atom stereocenters. The van der Waals surface area contributed by atoms with Gasteiger partial charge < -0.3 is 10.2 Å². The molecule has 1 aliphatic rings. The number of anilines is 2. The third kappa shape index (κ3) is 3.45. The van der Waals surface area contributed by atoms with Gasteiger partial charge in [0.2, 0.25) is 5.91 Å². The SMILES string of the molecule is CCc1cccc(CC)c1NC(=O)CCN1CCc2ccccc21. The first kappa shape index (κ1) is 16.6. The number of carbonyl (C=O) groups excluding carboxylic acids is 1. The van der Waals surface area contributed by atoms with E-state index >= 15 is 0 Å². The van der Waals surface area contributed by atoms with Gasteiger partial charge in [0.05, 0.1) is 0 Å². The molecule has 2 aromatic carbocycles. The summed E-state index contributed by atoms with van der Waals surface area (Å²) in [5.74, 6) is 0.106. The summed E-state index contributed by atoms with van der Waals surface area (Å²) >= 11 is 0. The Bertz CT molecular complexity index is 701. The monoisotopic (exact) mass is 322 g/mol. The van der Waals surface area contributed by atoms with Crippen molar-refractivity contribution in [3.8, 4) is 0 Å². The largest absolute Gasteiger partial charge is 0.370 e. The molecule has 3 nitrogen and oxygen atoms in total. The van der Waals surface area contributed by atoms with Crippen LogP contribution in [0, 0.1) is 0 Å². The van der Waals surface area contributed by atoms with Gasteiger partial charge in [-0.2, -0.15) is 0 Å². The van der Waals surface area contributed by atoms with Crippen LogP contribution in [0.25, 0.3) is 0 Å². The first-order valence-corrected chi connectivity index (χ1v) is 8.96. The Morgan fingerprint density at radius 2 is 1.75 bits per heavy atom. The van der Waals surface area contributed by atoms with Crippen LogP contribution in [0.2, 0.25) is 0 Å². The topological polar surface area (TPSA) is 32.3 Å². The first-order valence-electron chi connectivity index (χ1n) is 8.96. The predicted octanol–water partition coefficient (Wildman–Crippen LogP) is 4.20.